The fourth-order valence-electron chi connectivity index (χ4n) is 1.91. The highest BCUT2D eigenvalue weighted by Crippen LogP contribution is 2.26. The quantitative estimate of drug-likeness (QED) is 0.633. The molecule has 0 aliphatic carbocycles. The van der Waals surface area contributed by atoms with E-state index >= 15 is 0 Å². The van der Waals surface area contributed by atoms with E-state index in [0.717, 1.165) is 10.8 Å². The SMILES string of the molecule is O=C1N=C([O-])c2cccc3cccc1c23. The summed E-state index contributed by atoms with van der Waals surface area (Å²) in [4.78, 5) is 15.0. The topological polar surface area (TPSA) is 52.5 Å². The summed E-state index contributed by atoms with van der Waals surface area (Å²) in [6.07, 6.45) is 0. The van der Waals surface area contributed by atoms with E-state index in [1.165, 1.54) is 0 Å². The minimum Gasteiger partial charge on any atom is -0.858 e. The molecule has 15 heavy (non-hydrogen) atoms. The molecule has 0 bridgehead atoms. The summed E-state index contributed by atoms with van der Waals surface area (Å²) in [5, 5.41) is 13.1. The first-order chi connectivity index (χ1) is 7.27. The Hall–Kier alpha value is -2.16. The molecule has 0 aromatic heterocycles. The highest BCUT2D eigenvalue weighted by atomic mass is 16.3. The lowest BCUT2D eigenvalue weighted by Crippen LogP contribution is -2.24. The van der Waals surface area contributed by atoms with Crippen molar-refractivity contribution in [2.45, 2.75) is 0 Å². The van der Waals surface area contributed by atoms with E-state index in [0.29, 0.717) is 11.1 Å². The normalized spacial score (nSPS) is 14.1. The predicted molar refractivity (Wildman–Crippen MR) is 54.8 cm³/mol. The standard InChI is InChI=1S/C12H7NO2/c14-11-8-5-1-3-7-4-2-6-9(10(7)8)12(15)13-11/h1-6H,(H,13,14,15)/p-1. The van der Waals surface area contributed by atoms with Crippen LogP contribution in [-0.2, 0) is 0 Å². The lowest BCUT2D eigenvalue weighted by molar-refractivity contribution is -0.212. The van der Waals surface area contributed by atoms with E-state index in [4.69, 9.17) is 0 Å². The van der Waals surface area contributed by atoms with Gasteiger partial charge in [-0.1, -0.05) is 30.3 Å². The molecule has 0 radical (unpaired) electrons. The first kappa shape index (κ1) is 8.17. The summed E-state index contributed by atoms with van der Waals surface area (Å²) < 4.78 is 0. The smallest absolute Gasteiger partial charge is 0.277 e. The van der Waals surface area contributed by atoms with Crippen molar-refractivity contribution < 1.29 is 9.90 Å². The molecule has 0 atom stereocenters. The van der Waals surface area contributed by atoms with Crippen molar-refractivity contribution >= 4 is 22.6 Å². The van der Waals surface area contributed by atoms with Crippen LogP contribution in [0.25, 0.3) is 10.8 Å². The molecule has 3 heteroatoms. The summed E-state index contributed by atoms with van der Waals surface area (Å²) in [6, 6.07) is 10.8. The lowest BCUT2D eigenvalue weighted by Gasteiger charge is -2.19. The Morgan fingerprint density at radius 3 is 2.40 bits per heavy atom. The van der Waals surface area contributed by atoms with Gasteiger partial charge >= 0.3 is 0 Å². The van der Waals surface area contributed by atoms with Crippen LogP contribution in [0.4, 0.5) is 0 Å². The molecule has 3 nitrogen and oxygen atoms in total. The molecule has 0 fully saturated rings. The second-order valence-electron chi connectivity index (χ2n) is 3.43. The largest absolute Gasteiger partial charge is 0.858 e. The molecular formula is C12H6NO2-. The predicted octanol–water partition coefficient (Wildman–Crippen LogP) is 1.10. The number of hydrogen-bond donors (Lipinski definition) is 0. The van der Waals surface area contributed by atoms with Gasteiger partial charge in [0.2, 0.25) is 0 Å². The molecule has 0 unspecified atom stereocenters. The third-order valence-electron chi connectivity index (χ3n) is 2.57. The zero-order valence-electron chi connectivity index (χ0n) is 7.73. The van der Waals surface area contributed by atoms with Crippen molar-refractivity contribution in [3.05, 3.63) is 47.5 Å². The summed E-state index contributed by atoms with van der Waals surface area (Å²) in [5.74, 6) is -0.881. The highest BCUT2D eigenvalue weighted by molar-refractivity contribution is 6.22. The summed E-state index contributed by atoms with van der Waals surface area (Å²) >= 11 is 0. The van der Waals surface area contributed by atoms with E-state index in [9.17, 15) is 9.90 Å². The molecule has 2 aromatic rings. The van der Waals surface area contributed by atoms with E-state index < -0.39 is 11.8 Å². The zero-order chi connectivity index (χ0) is 10.4. The summed E-state index contributed by atoms with van der Waals surface area (Å²) in [7, 11) is 0. The molecule has 0 saturated carbocycles. The average Bonchev–Trinajstić information content (AvgIpc) is 2.25. The van der Waals surface area contributed by atoms with Gasteiger partial charge in [-0.25, -0.2) is 4.99 Å². The van der Waals surface area contributed by atoms with Gasteiger partial charge in [0.15, 0.2) is 0 Å². The molecule has 1 amide bonds. The fourth-order valence-corrected chi connectivity index (χ4v) is 1.91. The van der Waals surface area contributed by atoms with Crippen LogP contribution in [0.5, 0.6) is 0 Å². The Morgan fingerprint density at radius 2 is 1.67 bits per heavy atom. The molecule has 72 valence electrons. The molecule has 1 aliphatic rings. The molecule has 0 spiro atoms. The van der Waals surface area contributed by atoms with Crippen LogP contribution in [-0.4, -0.2) is 11.8 Å². The first-order valence-corrected chi connectivity index (χ1v) is 4.59. The van der Waals surface area contributed by atoms with E-state index in [2.05, 4.69) is 4.99 Å². The second kappa shape index (κ2) is 2.67. The maximum Gasteiger partial charge on any atom is 0.277 e. The van der Waals surface area contributed by atoms with Crippen LogP contribution < -0.4 is 5.11 Å². The Morgan fingerprint density at radius 1 is 1.00 bits per heavy atom. The summed E-state index contributed by atoms with van der Waals surface area (Å²) in [6.45, 7) is 0. The molecule has 3 rings (SSSR count). The van der Waals surface area contributed by atoms with Gasteiger partial charge in [-0.15, -0.1) is 0 Å². The van der Waals surface area contributed by atoms with Gasteiger partial charge in [-0.05, 0) is 22.9 Å². The minimum absolute atomic E-state index is 0.440. The van der Waals surface area contributed by atoms with Gasteiger partial charge < -0.3 is 5.11 Å². The third kappa shape index (κ3) is 1.00. The Bertz CT molecular complexity index is 609. The second-order valence-corrected chi connectivity index (χ2v) is 3.43. The van der Waals surface area contributed by atoms with Crippen LogP contribution >= 0.6 is 0 Å². The molecular weight excluding hydrogens is 190 g/mol. The average molecular weight is 196 g/mol. The van der Waals surface area contributed by atoms with Crippen molar-refractivity contribution in [3.8, 4) is 0 Å². The van der Waals surface area contributed by atoms with E-state index in [-0.39, 0.29) is 0 Å². The Balaban J connectivity index is 2.57. The van der Waals surface area contributed by atoms with Crippen LogP contribution in [0.15, 0.2) is 41.4 Å². The number of benzene rings is 2. The van der Waals surface area contributed by atoms with Gasteiger partial charge in [0.1, 0.15) is 0 Å². The van der Waals surface area contributed by atoms with Crippen LogP contribution in [0.3, 0.4) is 0 Å². The number of carbonyl (C=O) groups excluding carboxylic acids is 1. The number of aliphatic imine (C=N–C) groups is 1. The van der Waals surface area contributed by atoms with Gasteiger partial charge in [-0.3, -0.25) is 4.79 Å². The van der Waals surface area contributed by atoms with Crippen molar-refractivity contribution in [2.75, 3.05) is 0 Å². The first-order valence-electron chi connectivity index (χ1n) is 4.59. The summed E-state index contributed by atoms with van der Waals surface area (Å²) in [5.41, 5.74) is 1.03. The number of hydrogen-bond acceptors (Lipinski definition) is 2. The van der Waals surface area contributed by atoms with Crippen LogP contribution in [0.1, 0.15) is 15.9 Å². The third-order valence-corrected chi connectivity index (χ3v) is 2.57. The van der Waals surface area contributed by atoms with Gasteiger partial charge in [0.25, 0.3) is 5.91 Å². The Labute approximate surface area is 85.7 Å². The molecule has 1 aliphatic heterocycles. The van der Waals surface area contributed by atoms with Crippen molar-refractivity contribution in [3.63, 3.8) is 0 Å². The zero-order valence-corrected chi connectivity index (χ0v) is 7.73. The highest BCUT2D eigenvalue weighted by Gasteiger charge is 2.16. The molecule has 1 heterocycles. The molecule has 0 saturated heterocycles. The number of rotatable bonds is 0. The van der Waals surface area contributed by atoms with Gasteiger partial charge in [-0.2, -0.15) is 0 Å². The molecule has 0 N–H and O–H groups in total. The van der Waals surface area contributed by atoms with Crippen molar-refractivity contribution in [1.82, 2.24) is 0 Å². The fraction of sp³-hybridized carbons (Fsp3) is 0. The Kier molecular flexibility index (Phi) is 1.45. The van der Waals surface area contributed by atoms with Crippen LogP contribution in [0, 0.1) is 0 Å². The lowest BCUT2D eigenvalue weighted by atomic mass is 9.97. The maximum atomic E-state index is 11.5. The molecule has 2 aromatic carbocycles. The van der Waals surface area contributed by atoms with Crippen molar-refractivity contribution in [2.24, 2.45) is 4.99 Å². The van der Waals surface area contributed by atoms with Crippen molar-refractivity contribution in [1.29, 1.82) is 0 Å². The number of amides is 1. The van der Waals surface area contributed by atoms with Gasteiger partial charge in [0, 0.05) is 5.39 Å². The van der Waals surface area contributed by atoms with Gasteiger partial charge in [0.05, 0.1) is 5.56 Å². The minimum atomic E-state index is -0.440. The number of carbonyl (C=O) groups is 1. The number of nitrogens with zero attached hydrogens (tertiary/aromatic N) is 1. The van der Waals surface area contributed by atoms with Crippen LogP contribution in [0.2, 0.25) is 0 Å². The monoisotopic (exact) mass is 196 g/mol. The van der Waals surface area contributed by atoms with E-state index in [1.807, 2.05) is 12.1 Å². The van der Waals surface area contributed by atoms with E-state index in [1.54, 1.807) is 24.3 Å². The maximum absolute atomic E-state index is 11.5.